The minimum atomic E-state index is -3.53. The normalized spacial score (nSPS) is 19.2. The summed E-state index contributed by atoms with van der Waals surface area (Å²) < 4.78 is 45.8. The Hall–Kier alpha value is -1.02. The van der Waals surface area contributed by atoms with E-state index < -0.39 is 10.2 Å². The van der Waals surface area contributed by atoms with Crippen LogP contribution in [-0.2, 0) is 14.9 Å². The van der Waals surface area contributed by atoms with Crippen LogP contribution in [0.25, 0.3) is 0 Å². The minimum Gasteiger partial charge on any atom is -0.379 e. The standard InChI is InChI=1S/C13H19FN2O3S/c1-11(12-3-5-13(14)6-4-12)15(2)20(17,18)16-7-9-19-10-8-16/h3-6,11H,7-10H2,1-2H3/t11-/m1/s1. The average Bonchev–Trinajstić information content (AvgIpc) is 2.47. The van der Waals surface area contributed by atoms with E-state index in [-0.39, 0.29) is 11.9 Å². The first-order valence-electron chi connectivity index (χ1n) is 6.49. The maximum Gasteiger partial charge on any atom is 0.282 e. The van der Waals surface area contributed by atoms with Crippen molar-refractivity contribution in [3.05, 3.63) is 35.6 Å². The van der Waals surface area contributed by atoms with E-state index in [4.69, 9.17) is 4.74 Å². The third kappa shape index (κ3) is 3.17. The van der Waals surface area contributed by atoms with E-state index in [1.165, 1.54) is 20.7 Å². The first-order valence-corrected chi connectivity index (χ1v) is 7.89. The smallest absolute Gasteiger partial charge is 0.282 e. The summed E-state index contributed by atoms with van der Waals surface area (Å²) >= 11 is 0. The highest BCUT2D eigenvalue weighted by atomic mass is 32.2. The van der Waals surface area contributed by atoms with Crippen molar-refractivity contribution in [2.45, 2.75) is 13.0 Å². The van der Waals surface area contributed by atoms with Crippen LogP contribution in [-0.4, -0.2) is 50.4 Å². The number of hydrogen-bond acceptors (Lipinski definition) is 3. The minimum absolute atomic E-state index is 0.334. The summed E-state index contributed by atoms with van der Waals surface area (Å²) in [5, 5.41) is 0. The number of benzene rings is 1. The molecule has 0 radical (unpaired) electrons. The van der Waals surface area contributed by atoms with Gasteiger partial charge in [-0.25, -0.2) is 4.39 Å². The van der Waals surface area contributed by atoms with E-state index in [1.54, 1.807) is 26.1 Å². The van der Waals surface area contributed by atoms with Crippen LogP contribution in [0.5, 0.6) is 0 Å². The quantitative estimate of drug-likeness (QED) is 0.844. The zero-order valence-electron chi connectivity index (χ0n) is 11.6. The molecule has 112 valence electrons. The van der Waals surface area contributed by atoms with Crippen LogP contribution in [0.4, 0.5) is 4.39 Å². The second-order valence-electron chi connectivity index (χ2n) is 4.76. The summed E-state index contributed by atoms with van der Waals surface area (Å²) in [5.74, 6) is -0.334. The third-order valence-corrected chi connectivity index (χ3v) is 5.62. The molecular formula is C13H19FN2O3S. The van der Waals surface area contributed by atoms with Gasteiger partial charge in [0.05, 0.1) is 13.2 Å². The highest BCUT2D eigenvalue weighted by Crippen LogP contribution is 2.23. The number of nitrogens with zero attached hydrogens (tertiary/aromatic N) is 2. The second-order valence-corrected chi connectivity index (χ2v) is 6.75. The maximum absolute atomic E-state index is 12.9. The van der Waals surface area contributed by atoms with Gasteiger partial charge in [-0.05, 0) is 24.6 Å². The van der Waals surface area contributed by atoms with E-state index in [0.29, 0.717) is 26.3 Å². The van der Waals surface area contributed by atoms with Crippen LogP contribution in [0, 0.1) is 5.82 Å². The lowest BCUT2D eigenvalue weighted by atomic mass is 10.1. The van der Waals surface area contributed by atoms with Gasteiger partial charge in [-0.15, -0.1) is 0 Å². The first kappa shape index (κ1) is 15.4. The highest BCUT2D eigenvalue weighted by molar-refractivity contribution is 7.86. The van der Waals surface area contributed by atoms with Gasteiger partial charge >= 0.3 is 0 Å². The molecule has 1 saturated heterocycles. The van der Waals surface area contributed by atoms with Gasteiger partial charge < -0.3 is 4.74 Å². The Labute approximate surface area is 119 Å². The van der Waals surface area contributed by atoms with Crippen LogP contribution >= 0.6 is 0 Å². The van der Waals surface area contributed by atoms with Crippen molar-refractivity contribution in [3.63, 3.8) is 0 Å². The summed E-state index contributed by atoms with van der Waals surface area (Å²) in [4.78, 5) is 0. The van der Waals surface area contributed by atoms with Crippen LogP contribution in [0.1, 0.15) is 18.5 Å². The number of morpholine rings is 1. The summed E-state index contributed by atoms with van der Waals surface area (Å²) in [6.07, 6.45) is 0. The van der Waals surface area contributed by atoms with Crippen molar-refractivity contribution >= 4 is 10.2 Å². The van der Waals surface area contributed by atoms with Gasteiger partial charge in [0.15, 0.2) is 0 Å². The lowest BCUT2D eigenvalue weighted by molar-refractivity contribution is 0.0700. The van der Waals surface area contributed by atoms with E-state index in [9.17, 15) is 12.8 Å². The number of ether oxygens (including phenoxy) is 1. The number of rotatable bonds is 4. The molecule has 20 heavy (non-hydrogen) atoms. The molecular weight excluding hydrogens is 283 g/mol. The molecule has 5 nitrogen and oxygen atoms in total. The molecule has 0 aliphatic carbocycles. The molecule has 7 heteroatoms. The Bertz CT molecular complexity index is 541. The second kappa shape index (κ2) is 6.17. The van der Waals surface area contributed by atoms with Gasteiger partial charge in [-0.1, -0.05) is 12.1 Å². The maximum atomic E-state index is 12.9. The van der Waals surface area contributed by atoms with Crippen molar-refractivity contribution in [2.24, 2.45) is 0 Å². The Balaban J connectivity index is 2.16. The highest BCUT2D eigenvalue weighted by Gasteiger charge is 2.31. The van der Waals surface area contributed by atoms with Crippen LogP contribution < -0.4 is 0 Å². The molecule has 1 atom stereocenters. The molecule has 0 N–H and O–H groups in total. The van der Waals surface area contributed by atoms with E-state index in [2.05, 4.69) is 0 Å². The molecule has 0 amide bonds. The van der Waals surface area contributed by atoms with Crippen molar-refractivity contribution in [1.29, 1.82) is 0 Å². The fraction of sp³-hybridized carbons (Fsp3) is 0.538. The molecule has 2 rings (SSSR count). The molecule has 1 aromatic rings. The van der Waals surface area contributed by atoms with Gasteiger partial charge in [0.1, 0.15) is 5.82 Å². The lowest BCUT2D eigenvalue weighted by Gasteiger charge is -2.33. The topological polar surface area (TPSA) is 49.9 Å². The SMILES string of the molecule is C[C@H](c1ccc(F)cc1)N(C)S(=O)(=O)N1CCOCC1. The first-order chi connectivity index (χ1) is 9.43. The molecule has 0 spiro atoms. The van der Waals surface area contributed by atoms with Gasteiger partial charge in [-0.2, -0.15) is 17.0 Å². The predicted molar refractivity (Wildman–Crippen MR) is 73.9 cm³/mol. The average molecular weight is 302 g/mol. The Morgan fingerprint density at radius 1 is 1.25 bits per heavy atom. The van der Waals surface area contributed by atoms with Gasteiger partial charge in [0, 0.05) is 26.2 Å². The van der Waals surface area contributed by atoms with Crippen LogP contribution in [0.2, 0.25) is 0 Å². The zero-order chi connectivity index (χ0) is 14.8. The molecule has 1 aliphatic heterocycles. The summed E-state index contributed by atoms with van der Waals surface area (Å²) in [6.45, 7) is 3.34. The van der Waals surface area contributed by atoms with Crippen molar-refractivity contribution in [2.75, 3.05) is 33.4 Å². The number of halogens is 1. The summed E-state index contributed by atoms with van der Waals surface area (Å²) in [6, 6.07) is 5.52. The molecule has 0 bridgehead atoms. The molecule has 1 aliphatic rings. The molecule has 0 saturated carbocycles. The van der Waals surface area contributed by atoms with Crippen molar-refractivity contribution in [1.82, 2.24) is 8.61 Å². The predicted octanol–water partition coefficient (Wildman–Crippen LogP) is 1.40. The fourth-order valence-electron chi connectivity index (χ4n) is 2.11. The van der Waals surface area contributed by atoms with Crippen molar-refractivity contribution < 1.29 is 17.5 Å². The molecule has 0 aromatic heterocycles. The Kier molecular flexibility index (Phi) is 4.74. The van der Waals surface area contributed by atoms with Crippen LogP contribution in [0.3, 0.4) is 0 Å². The van der Waals surface area contributed by atoms with Gasteiger partial charge in [0.2, 0.25) is 0 Å². The van der Waals surface area contributed by atoms with Crippen LogP contribution in [0.15, 0.2) is 24.3 Å². The molecule has 1 fully saturated rings. The van der Waals surface area contributed by atoms with Gasteiger partial charge in [0.25, 0.3) is 10.2 Å². The summed E-state index contributed by atoms with van der Waals surface area (Å²) in [7, 11) is -1.99. The van der Waals surface area contributed by atoms with E-state index in [1.807, 2.05) is 0 Å². The zero-order valence-corrected chi connectivity index (χ0v) is 12.4. The van der Waals surface area contributed by atoms with E-state index in [0.717, 1.165) is 5.56 Å². The molecule has 1 heterocycles. The largest absolute Gasteiger partial charge is 0.379 e. The molecule has 1 aromatic carbocycles. The Morgan fingerprint density at radius 2 is 1.80 bits per heavy atom. The van der Waals surface area contributed by atoms with E-state index >= 15 is 0 Å². The number of hydrogen-bond donors (Lipinski definition) is 0. The molecule has 0 unspecified atom stereocenters. The van der Waals surface area contributed by atoms with Crippen molar-refractivity contribution in [3.8, 4) is 0 Å². The monoisotopic (exact) mass is 302 g/mol. The Morgan fingerprint density at radius 3 is 2.35 bits per heavy atom. The third-order valence-electron chi connectivity index (χ3n) is 3.56. The van der Waals surface area contributed by atoms with Gasteiger partial charge in [-0.3, -0.25) is 0 Å². The summed E-state index contributed by atoms with van der Waals surface area (Å²) in [5.41, 5.74) is 0.755. The fourth-order valence-corrected chi connectivity index (χ4v) is 3.61. The lowest BCUT2D eigenvalue weighted by Crippen LogP contribution is -2.47.